The van der Waals surface area contributed by atoms with Gasteiger partial charge in [0.15, 0.2) is 0 Å². The molecule has 6 heteroatoms. The molecular weight excluding hydrogens is 198 g/mol. The molecule has 0 bridgehead atoms. The monoisotopic (exact) mass is 209 g/mol. The first-order valence-electron chi connectivity index (χ1n) is 4.31. The zero-order valence-electron chi connectivity index (χ0n) is 8.14. The normalized spacial score (nSPS) is 11.8. The number of benzene rings is 1. The molecule has 80 valence electrons. The highest BCUT2D eigenvalue weighted by Gasteiger charge is 2.10. The van der Waals surface area contributed by atoms with E-state index in [4.69, 9.17) is 5.73 Å². The molecule has 3 N–H and O–H groups in total. The number of primary amides is 1. The van der Waals surface area contributed by atoms with Crippen molar-refractivity contribution >= 4 is 17.3 Å². The van der Waals surface area contributed by atoms with Gasteiger partial charge >= 0.3 is 0 Å². The molecule has 0 aliphatic heterocycles. The predicted octanol–water partition coefficient (Wildman–Crippen LogP) is 0.880. The molecule has 1 aromatic carbocycles. The van der Waals surface area contributed by atoms with Crippen LogP contribution in [0.2, 0.25) is 0 Å². The van der Waals surface area contributed by atoms with Crippen molar-refractivity contribution < 1.29 is 9.72 Å². The largest absolute Gasteiger partial charge is 0.374 e. The van der Waals surface area contributed by atoms with Crippen molar-refractivity contribution in [3.05, 3.63) is 34.4 Å². The Bertz CT molecular complexity index is 392. The summed E-state index contributed by atoms with van der Waals surface area (Å²) in [5, 5.41) is 13.2. The number of nitro benzene ring substituents is 1. The number of rotatable bonds is 4. The summed E-state index contributed by atoms with van der Waals surface area (Å²) < 4.78 is 0. The first-order chi connectivity index (χ1) is 7.00. The van der Waals surface area contributed by atoms with Crippen LogP contribution in [0, 0.1) is 10.1 Å². The lowest BCUT2D eigenvalue weighted by Crippen LogP contribution is -2.32. The number of nitrogens with one attached hydrogen (secondary N) is 1. The van der Waals surface area contributed by atoms with Gasteiger partial charge in [0.1, 0.15) is 6.04 Å². The van der Waals surface area contributed by atoms with Crippen LogP contribution in [-0.4, -0.2) is 16.9 Å². The highest BCUT2D eigenvalue weighted by molar-refractivity contribution is 5.82. The first-order valence-corrected chi connectivity index (χ1v) is 4.31. The molecule has 0 spiro atoms. The number of nitrogens with zero attached hydrogens (tertiary/aromatic N) is 1. The van der Waals surface area contributed by atoms with Crippen molar-refractivity contribution in [3.63, 3.8) is 0 Å². The van der Waals surface area contributed by atoms with E-state index in [1.54, 1.807) is 13.0 Å². The molecule has 1 aromatic rings. The van der Waals surface area contributed by atoms with Crippen LogP contribution in [-0.2, 0) is 4.79 Å². The number of nitrogens with two attached hydrogens (primary N) is 1. The summed E-state index contributed by atoms with van der Waals surface area (Å²) in [6, 6.07) is 5.33. The van der Waals surface area contributed by atoms with E-state index in [2.05, 4.69) is 5.32 Å². The predicted molar refractivity (Wildman–Crippen MR) is 55.4 cm³/mol. The molecule has 0 unspecified atom stereocenters. The van der Waals surface area contributed by atoms with E-state index in [1.807, 2.05) is 0 Å². The zero-order valence-corrected chi connectivity index (χ0v) is 8.14. The van der Waals surface area contributed by atoms with E-state index >= 15 is 0 Å². The third-order valence-electron chi connectivity index (χ3n) is 1.87. The van der Waals surface area contributed by atoms with Crippen molar-refractivity contribution in [1.29, 1.82) is 0 Å². The molecule has 1 atom stereocenters. The van der Waals surface area contributed by atoms with Gasteiger partial charge in [0, 0.05) is 17.8 Å². The Hall–Kier alpha value is -2.11. The third kappa shape index (κ3) is 2.94. The Balaban J connectivity index is 2.82. The Kier molecular flexibility index (Phi) is 3.22. The van der Waals surface area contributed by atoms with E-state index in [0.29, 0.717) is 5.69 Å². The average molecular weight is 209 g/mol. The Labute approximate surface area is 86.2 Å². The molecule has 15 heavy (non-hydrogen) atoms. The summed E-state index contributed by atoms with van der Waals surface area (Å²) in [6.07, 6.45) is 0. The number of hydrogen-bond acceptors (Lipinski definition) is 4. The van der Waals surface area contributed by atoms with Gasteiger partial charge in [-0.25, -0.2) is 0 Å². The maximum Gasteiger partial charge on any atom is 0.271 e. The number of amides is 1. The number of nitro groups is 1. The van der Waals surface area contributed by atoms with Crippen LogP contribution < -0.4 is 11.1 Å². The number of anilines is 1. The van der Waals surface area contributed by atoms with Gasteiger partial charge < -0.3 is 11.1 Å². The van der Waals surface area contributed by atoms with Gasteiger partial charge in [-0.15, -0.1) is 0 Å². The van der Waals surface area contributed by atoms with Crippen LogP contribution in [0.25, 0.3) is 0 Å². The van der Waals surface area contributed by atoms with Gasteiger partial charge in [0.25, 0.3) is 5.69 Å². The number of non-ortho nitro benzene ring substituents is 1. The first kappa shape index (κ1) is 11.0. The van der Waals surface area contributed by atoms with Crippen molar-refractivity contribution in [1.82, 2.24) is 0 Å². The van der Waals surface area contributed by atoms with Crippen LogP contribution in [0.5, 0.6) is 0 Å². The minimum Gasteiger partial charge on any atom is -0.374 e. The lowest BCUT2D eigenvalue weighted by Gasteiger charge is -2.10. The van der Waals surface area contributed by atoms with Gasteiger partial charge in [-0.05, 0) is 13.0 Å². The quantitative estimate of drug-likeness (QED) is 0.568. The van der Waals surface area contributed by atoms with E-state index in [9.17, 15) is 14.9 Å². The molecule has 1 amide bonds. The molecule has 6 nitrogen and oxygen atoms in total. The van der Waals surface area contributed by atoms with E-state index in [-0.39, 0.29) is 5.69 Å². The fraction of sp³-hybridized carbons (Fsp3) is 0.222. The maximum absolute atomic E-state index is 10.7. The Morgan fingerprint density at radius 1 is 1.60 bits per heavy atom. The molecule has 0 aliphatic rings. The second-order valence-electron chi connectivity index (χ2n) is 3.08. The topological polar surface area (TPSA) is 98.3 Å². The molecule has 0 aliphatic carbocycles. The summed E-state index contributed by atoms with van der Waals surface area (Å²) in [6.45, 7) is 1.58. The van der Waals surface area contributed by atoms with Gasteiger partial charge in [0.05, 0.1) is 4.92 Å². The van der Waals surface area contributed by atoms with E-state index in [1.165, 1.54) is 18.2 Å². The lowest BCUT2D eigenvalue weighted by molar-refractivity contribution is -0.384. The molecule has 0 saturated heterocycles. The zero-order chi connectivity index (χ0) is 11.4. The number of hydrogen-bond donors (Lipinski definition) is 2. The van der Waals surface area contributed by atoms with Crippen molar-refractivity contribution in [2.24, 2.45) is 5.73 Å². The molecule has 0 fully saturated rings. The molecule has 0 radical (unpaired) electrons. The minimum absolute atomic E-state index is 0.0309. The minimum atomic E-state index is -0.563. The molecule has 0 aromatic heterocycles. The maximum atomic E-state index is 10.7. The Morgan fingerprint density at radius 2 is 2.27 bits per heavy atom. The van der Waals surface area contributed by atoms with Crippen molar-refractivity contribution in [3.8, 4) is 0 Å². The molecule has 0 saturated carbocycles. The summed E-state index contributed by atoms with van der Waals surface area (Å²) in [5.41, 5.74) is 5.51. The van der Waals surface area contributed by atoms with E-state index in [0.717, 1.165) is 0 Å². The summed E-state index contributed by atoms with van der Waals surface area (Å²) >= 11 is 0. The van der Waals surface area contributed by atoms with Crippen molar-refractivity contribution in [2.75, 3.05) is 5.32 Å². The Morgan fingerprint density at radius 3 is 2.80 bits per heavy atom. The molecule has 0 heterocycles. The number of carbonyl (C=O) groups is 1. The second kappa shape index (κ2) is 4.41. The fourth-order valence-electron chi connectivity index (χ4n) is 1.03. The van der Waals surface area contributed by atoms with Gasteiger partial charge in [-0.1, -0.05) is 6.07 Å². The van der Waals surface area contributed by atoms with Gasteiger partial charge in [-0.2, -0.15) is 0 Å². The smallest absolute Gasteiger partial charge is 0.271 e. The SMILES string of the molecule is C[C@@H](Nc1cccc([N+](=O)[O-])c1)C(N)=O. The van der Waals surface area contributed by atoms with Crippen LogP contribution in [0.15, 0.2) is 24.3 Å². The van der Waals surface area contributed by atoms with Crippen LogP contribution in [0.1, 0.15) is 6.92 Å². The van der Waals surface area contributed by atoms with Gasteiger partial charge in [0.2, 0.25) is 5.91 Å². The second-order valence-corrected chi connectivity index (χ2v) is 3.08. The summed E-state index contributed by atoms with van der Waals surface area (Å²) in [5.74, 6) is -0.512. The van der Waals surface area contributed by atoms with E-state index < -0.39 is 16.9 Å². The fourth-order valence-corrected chi connectivity index (χ4v) is 1.03. The molecular formula is C9H11N3O3. The van der Waals surface area contributed by atoms with Crippen LogP contribution in [0.3, 0.4) is 0 Å². The summed E-state index contributed by atoms with van der Waals surface area (Å²) in [7, 11) is 0. The number of carbonyl (C=O) groups excluding carboxylic acids is 1. The highest BCUT2D eigenvalue weighted by Crippen LogP contribution is 2.17. The van der Waals surface area contributed by atoms with Crippen molar-refractivity contribution in [2.45, 2.75) is 13.0 Å². The highest BCUT2D eigenvalue weighted by atomic mass is 16.6. The van der Waals surface area contributed by atoms with Crippen LogP contribution >= 0.6 is 0 Å². The standard InChI is InChI=1S/C9H11N3O3/c1-6(9(10)13)11-7-3-2-4-8(5-7)12(14)15/h2-6,11H,1H3,(H2,10,13)/t6-/m1/s1. The van der Waals surface area contributed by atoms with Gasteiger partial charge in [-0.3, -0.25) is 14.9 Å². The average Bonchev–Trinajstić information content (AvgIpc) is 2.18. The summed E-state index contributed by atoms with van der Waals surface area (Å²) in [4.78, 5) is 20.7. The third-order valence-corrected chi connectivity index (χ3v) is 1.87. The lowest BCUT2D eigenvalue weighted by atomic mass is 10.2. The molecule has 1 rings (SSSR count). The van der Waals surface area contributed by atoms with Crippen LogP contribution in [0.4, 0.5) is 11.4 Å².